The van der Waals surface area contributed by atoms with Crippen molar-refractivity contribution in [2.45, 2.75) is 20.3 Å². The largest absolute Gasteiger partial charge is 0.377 e. The van der Waals surface area contributed by atoms with E-state index >= 15 is 0 Å². The summed E-state index contributed by atoms with van der Waals surface area (Å²) in [6, 6.07) is 3.95. The van der Waals surface area contributed by atoms with Gasteiger partial charge in [-0.25, -0.2) is 0 Å². The number of aryl methyl sites for hydroxylation is 2. The molecule has 2 aromatic rings. The zero-order chi connectivity index (χ0) is 14.7. The summed E-state index contributed by atoms with van der Waals surface area (Å²) in [5.74, 6) is 0.704. The molecule has 20 heavy (non-hydrogen) atoms. The van der Waals surface area contributed by atoms with Gasteiger partial charge in [0, 0.05) is 17.1 Å². The second-order valence-corrected chi connectivity index (χ2v) is 5.38. The van der Waals surface area contributed by atoms with Gasteiger partial charge in [0.2, 0.25) is 11.7 Å². The molecule has 0 unspecified atom stereocenters. The number of ketones is 1. The van der Waals surface area contributed by atoms with Gasteiger partial charge in [0.15, 0.2) is 5.78 Å². The Labute approximate surface area is 125 Å². The molecule has 0 radical (unpaired) electrons. The maximum absolute atomic E-state index is 11.5. The summed E-state index contributed by atoms with van der Waals surface area (Å²) in [4.78, 5) is 15.7. The van der Waals surface area contributed by atoms with Gasteiger partial charge in [-0.15, -0.1) is 0 Å². The van der Waals surface area contributed by atoms with Crippen molar-refractivity contribution in [2.24, 2.45) is 0 Å². The van der Waals surface area contributed by atoms with E-state index in [0.29, 0.717) is 11.7 Å². The summed E-state index contributed by atoms with van der Waals surface area (Å²) < 4.78 is 10.9. The highest BCUT2D eigenvalue weighted by Crippen LogP contribution is 2.27. The molecule has 0 aliphatic rings. The van der Waals surface area contributed by atoms with Crippen LogP contribution in [0.2, 0.25) is 0 Å². The molecule has 1 aromatic heterocycles. The SMILES string of the molecule is COCC(=O)Cc1nc(-c2cc(C)c(Br)c(C)c2)no1. The third-order valence-electron chi connectivity index (χ3n) is 2.82. The van der Waals surface area contributed by atoms with Crippen LogP contribution in [0.5, 0.6) is 0 Å². The monoisotopic (exact) mass is 338 g/mol. The number of rotatable bonds is 5. The molecule has 0 saturated carbocycles. The molecule has 0 aliphatic heterocycles. The van der Waals surface area contributed by atoms with Gasteiger partial charge < -0.3 is 9.26 Å². The molecular weight excluding hydrogens is 324 g/mol. The Morgan fingerprint density at radius 2 is 2.00 bits per heavy atom. The number of methoxy groups -OCH3 is 1. The van der Waals surface area contributed by atoms with Crippen LogP contribution in [-0.2, 0) is 16.0 Å². The van der Waals surface area contributed by atoms with E-state index in [1.54, 1.807) is 0 Å². The van der Waals surface area contributed by atoms with Crippen LogP contribution >= 0.6 is 15.9 Å². The Morgan fingerprint density at radius 3 is 2.60 bits per heavy atom. The zero-order valence-corrected chi connectivity index (χ0v) is 13.2. The van der Waals surface area contributed by atoms with Crippen molar-refractivity contribution in [1.29, 1.82) is 0 Å². The van der Waals surface area contributed by atoms with E-state index in [9.17, 15) is 4.79 Å². The second kappa shape index (κ2) is 6.28. The summed E-state index contributed by atoms with van der Waals surface area (Å²) in [6.45, 7) is 4.06. The normalized spacial score (nSPS) is 10.8. The van der Waals surface area contributed by atoms with E-state index in [-0.39, 0.29) is 18.8 Å². The van der Waals surface area contributed by atoms with Crippen molar-refractivity contribution in [2.75, 3.05) is 13.7 Å². The fourth-order valence-corrected chi connectivity index (χ4v) is 2.13. The van der Waals surface area contributed by atoms with E-state index in [1.807, 2.05) is 26.0 Å². The van der Waals surface area contributed by atoms with Crippen molar-refractivity contribution < 1.29 is 14.1 Å². The van der Waals surface area contributed by atoms with E-state index in [1.165, 1.54) is 7.11 Å². The third kappa shape index (κ3) is 3.32. The van der Waals surface area contributed by atoms with Crippen molar-refractivity contribution in [3.63, 3.8) is 0 Å². The maximum Gasteiger partial charge on any atom is 0.234 e. The first-order valence-corrected chi connectivity index (χ1v) is 6.91. The van der Waals surface area contributed by atoms with Crippen LogP contribution in [-0.4, -0.2) is 29.6 Å². The van der Waals surface area contributed by atoms with Gasteiger partial charge in [-0.3, -0.25) is 4.79 Å². The van der Waals surface area contributed by atoms with Gasteiger partial charge in [0.05, 0.1) is 6.42 Å². The first kappa shape index (κ1) is 14.9. The molecule has 0 fully saturated rings. The Bertz CT molecular complexity index is 614. The number of ether oxygens (including phenoxy) is 1. The molecule has 0 bridgehead atoms. The van der Waals surface area contributed by atoms with Gasteiger partial charge in [0.25, 0.3) is 0 Å². The molecule has 106 valence electrons. The highest BCUT2D eigenvalue weighted by Gasteiger charge is 2.13. The van der Waals surface area contributed by atoms with E-state index in [0.717, 1.165) is 21.2 Å². The number of halogens is 1. The molecular formula is C14H15BrN2O3. The number of benzene rings is 1. The summed E-state index contributed by atoms with van der Waals surface area (Å²) in [6.07, 6.45) is 0.0926. The Hall–Kier alpha value is -1.53. The van der Waals surface area contributed by atoms with Crippen LogP contribution in [0.3, 0.4) is 0 Å². The van der Waals surface area contributed by atoms with E-state index < -0.39 is 0 Å². The van der Waals surface area contributed by atoms with Gasteiger partial charge >= 0.3 is 0 Å². The average Bonchev–Trinajstić information content (AvgIpc) is 2.84. The van der Waals surface area contributed by atoms with Crippen molar-refractivity contribution in [3.05, 3.63) is 33.6 Å². The van der Waals surface area contributed by atoms with Gasteiger partial charge in [-0.05, 0) is 37.1 Å². The lowest BCUT2D eigenvalue weighted by Crippen LogP contribution is -2.09. The maximum atomic E-state index is 11.5. The molecule has 0 saturated heterocycles. The van der Waals surface area contributed by atoms with E-state index in [4.69, 9.17) is 9.26 Å². The fourth-order valence-electron chi connectivity index (χ4n) is 1.90. The molecule has 5 nitrogen and oxygen atoms in total. The molecule has 1 aromatic carbocycles. The molecule has 0 amide bonds. The first-order valence-electron chi connectivity index (χ1n) is 6.11. The molecule has 0 aliphatic carbocycles. The Kier molecular flexibility index (Phi) is 4.67. The van der Waals surface area contributed by atoms with Crippen LogP contribution in [0.4, 0.5) is 0 Å². The molecule has 6 heteroatoms. The summed E-state index contributed by atoms with van der Waals surface area (Å²) >= 11 is 3.52. The number of aromatic nitrogens is 2. The molecule has 0 N–H and O–H groups in total. The van der Waals surface area contributed by atoms with Crippen LogP contribution in [0, 0.1) is 13.8 Å². The van der Waals surface area contributed by atoms with Gasteiger partial charge in [0.1, 0.15) is 6.61 Å². The van der Waals surface area contributed by atoms with E-state index in [2.05, 4.69) is 26.1 Å². The standard InChI is InChI=1S/C14H15BrN2O3/c1-8-4-10(5-9(2)13(8)15)14-16-12(20-17-14)6-11(18)7-19-3/h4-5H,6-7H2,1-3H3. The number of carbonyl (C=O) groups is 1. The average molecular weight is 339 g/mol. The minimum Gasteiger partial charge on any atom is -0.377 e. The minimum absolute atomic E-state index is 0.0498. The smallest absolute Gasteiger partial charge is 0.234 e. The molecule has 1 heterocycles. The number of hydrogen-bond acceptors (Lipinski definition) is 5. The lowest BCUT2D eigenvalue weighted by atomic mass is 10.1. The van der Waals surface area contributed by atoms with Gasteiger partial charge in [-0.1, -0.05) is 21.1 Å². The summed E-state index contributed by atoms with van der Waals surface area (Å²) in [7, 11) is 1.48. The quantitative estimate of drug-likeness (QED) is 0.838. The van der Waals surface area contributed by atoms with Gasteiger partial charge in [-0.2, -0.15) is 4.98 Å². The van der Waals surface area contributed by atoms with Crippen molar-refractivity contribution in [3.8, 4) is 11.4 Å². The summed E-state index contributed by atoms with van der Waals surface area (Å²) in [5.41, 5.74) is 3.07. The summed E-state index contributed by atoms with van der Waals surface area (Å²) in [5, 5.41) is 3.92. The lowest BCUT2D eigenvalue weighted by Gasteiger charge is -2.04. The fraction of sp³-hybridized carbons (Fsp3) is 0.357. The number of nitrogens with zero attached hydrogens (tertiary/aromatic N) is 2. The first-order chi connectivity index (χ1) is 9.51. The Balaban J connectivity index is 2.22. The minimum atomic E-state index is -0.0918. The third-order valence-corrected chi connectivity index (χ3v) is 4.07. The predicted octanol–water partition coefficient (Wildman–Crippen LogP) is 2.87. The molecule has 0 spiro atoms. The van der Waals surface area contributed by atoms with Crippen LogP contribution in [0.1, 0.15) is 17.0 Å². The Morgan fingerprint density at radius 1 is 1.35 bits per heavy atom. The topological polar surface area (TPSA) is 65.2 Å². The highest BCUT2D eigenvalue weighted by atomic mass is 79.9. The van der Waals surface area contributed by atoms with Crippen molar-refractivity contribution in [1.82, 2.24) is 10.1 Å². The number of carbonyl (C=O) groups excluding carboxylic acids is 1. The highest BCUT2D eigenvalue weighted by molar-refractivity contribution is 9.10. The van der Waals surface area contributed by atoms with Crippen LogP contribution in [0.25, 0.3) is 11.4 Å². The molecule has 2 rings (SSSR count). The second-order valence-electron chi connectivity index (χ2n) is 4.58. The van der Waals surface area contributed by atoms with Crippen molar-refractivity contribution >= 4 is 21.7 Å². The lowest BCUT2D eigenvalue weighted by molar-refractivity contribution is -0.122. The molecule has 0 atom stereocenters. The zero-order valence-electron chi connectivity index (χ0n) is 11.6. The van der Waals surface area contributed by atoms with Crippen LogP contribution < -0.4 is 0 Å². The number of Topliss-reactive ketones (excluding diaryl/α,β-unsaturated/α-hetero) is 1. The predicted molar refractivity (Wildman–Crippen MR) is 77.5 cm³/mol. The number of hydrogen-bond donors (Lipinski definition) is 0. The van der Waals surface area contributed by atoms with Crippen LogP contribution in [0.15, 0.2) is 21.1 Å².